The summed E-state index contributed by atoms with van der Waals surface area (Å²) in [5.41, 5.74) is 3.63. The Bertz CT molecular complexity index is 1540. The standard InChI is InChI=1S/C28H26N4O4/c1-28(2)13-18(33)23-21(14-28)36-27-24(22(23)16-8-6-5-7-9-16)26-30-25(31-32(26)15-29-27)17-10-11-19(34-3)20(12-17)35-4/h5-12,15,22H,13-14H2,1-4H3/t22-/m1/s1. The van der Waals surface area contributed by atoms with Gasteiger partial charge in [-0.3, -0.25) is 4.79 Å². The first-order valence-corrected chi connectivity index (χ1v) is 11.9. The monoisotopic (exact) mass is 482 g/mol. The molecule has 1 atom stereocenters. The van der Waals surface area contributed by atoms with Crippen molar-refractivity contribution in [1.82, 2.24) is 19.6 Å². The smallest absolute Gasteiger partial charge is 0.228 e. The third-order valence-electron chi connectivity index (χ3n) is 6.84. The number of carbonyl (C=O) groups is 1. The molecule has 0 bridgehead atoms. The van der Waals surface area contributed by atoms with E-state index in [1.165, 1.54) is 0 Å². The highest BCUT2D eigenvalue weighted by Gasteiger charge is 2.43. The number of fused-ring (bicyclic) bond motifs is 3. The van der Waals surface area contributed by atoms with Gasteiger partial charge in [-0.25, -0.2) is 14.5 Å². The van der Waals surface area contributed by atoms with Gasteiger partial charge in [0.05, 0.1) is 19.8 Å². The lowest BCUT2D eigenvalue weighted by Crippen LogP contribution is -2.33. The number of hydrogen-bond donors (Lipinski definition) is 0. The molecule has 182 valence electrons. The molecule has 0 N–H and O–H groups in total. The van der Waals surface area contributed by atoms with Gasteiger partial charge in [0.2, 0.25) is 5.88 Å². The lowest BCUT2D eigenvalue weighted by Gasteiger charge is -2.37. The van der Waals surface area contributed by atoms with Crippen molar-refractivity contribution in [2.75, 3.05) is 14.2 Å². The summed E-state index contributed by atoms with van der Waals surface area (Å²) in [6, 6.07) is 15.5. The number of hydrogen-bond acceptors (Lipinski definition) is 7. The zero-order chi connectivity index (χ0) is 25.0. The molecule has 0 saturated heterocycles. The summed E-state index contributed by atoms with van der Waals surface area (Å²) in [6.07, 6.45) is 2.75. The summed E-state index contributed by atoms with van der Waals surface area (Å²) in [5, 5.41) is 4.69. The Morgan fingerprint density at radius 3 is 2.56 bits per heavy atom. The van der Waals surface area contributed by atoms with Crippen molar-refractivity contribution in [3.63, 3.8) is 0 Å². The van der Waals surface area contributed by atoms with Gasteiger partial charge in [0.1, 0.15) is 12.1 Å². The molecule has 2 aromatic heterocycles. The van der Waals surface area contributed by atoms with Crippen LogP contribution in [0.2, 0.25) is 0 Å². The molecule has 0 unspecified atom stereocenters. The second-order valence-corrected chi connectivity index (χ2v) is 9.96. The minimum Gasteiger partial charge on any atom is -0.493 e. The summed E-state index contributed by atoms with van der Waals surface area (Å²) in [4.78, 5) is 23.0. The molecule has 4 aromatic rings. The van der Waals surface area contributed by atoms with E-state index >= 15 is 0 Å². The number of benzene rings is 2. The number of rotatable bonds is 4. The van der Waals surface area contributed by atoms with Crippen LogP contribution in [0.5, 0.6) is 17.4 Å². The highest BCUT2D eigenvalue weighted by molar-refractivity contribution is 6.00. The van der Waals surface area contributed by atoms with Crippen molar-refractivity contribution in [3.05, 3.63) is 77.3 Å². The molecule has 0 saturated carbocycles. The quantitative estimate of drug-likeness (QED) is 0.406. The second-order valence-electron chi connectivity index (χ2n) is 9.96. The SMILES string of the molecule is COc1ccc(-c2nc3c4c(ncn3n2)OC2=C(C(=O)CC(C)(C)C2)[C@H]4c2ccccc2)cc1OC. The summed E-state index contributed by atoms with van der Waals surface area (Å²) < 4.78 is 18.8. The maximum absolute atomic E-state index is 13.5. The summed E-state index contributed by atoms with van der Waals surface area (Å²) in [6.45, 7) is 4.19. The van der Waals surface area contributed by atoms with Crippen molar-refractivity contribution in [2.24, 2.45) is 5.41 Å². The topological polar surface area (TPSA) is 87.8 Å². The summed E-state index contributed by atoms with van der Waals surface area (Å²) in [5.74, 6) is 2.65. The molecule has 3 heterocycles. The molecule has 2 aromatic carbocycles. The molecule has 36 heavy (non-hydrogen) atoms. The van der Waals surface area contributed by atoms with Gasteiger partial charge in [-0.15, -0.1) is 5.10 Å². The van der Waals surface area contributed by atoms with Crippen molar-refractivity contribution in [1.29, 1.82) is 0 Å². The molecule has 0 amide bonds. The van der Waals surface area contributed by atoms with E-state index in [9.17, 15) is 4.79 Å². The number of allylic oxidation sites excluding steroid dienone is 2. The van der Waals surface area contributed by atoms with Crippen LogP contribution >= 0.6 is 0 Å². The number of aromatic nitrogens is 4. The van der Waals surface area contributed by atoms with Crippen molar-refractivity contribution in [3.8, 4) is 28.8 Å². The van der Waals surface area contributed by atoms with E-state index in [1.54, 1.807) is 25.1 Å². The van der Waals surface area contributed by atoms with Gasteiger partial charge in [0.15, 0.2) is 28.8 Å². The average molecular weight is 483 g/mol. The Morgan fingerprint density at radius 1 is 1.03 bits per heavy atom. The van der Waals surface area contributed by atoms with Crippen LogP contribution in [-0.2, 0) is 4.79 Å². The van der Waals surface area contributed by atoms with E-state index in [0.717, 1.165) is 16.7 Å². The maximum Gasteiger partial charge on any atom is 0.228 e. The average Bonchev–Trinajstić information content (AvgIpc) is 3.31. The van der Waals surface area contributed by atoms with E-state index < -0.39 is 0 Å². The number of ketones is 1. The summed E-state index contributed by atoms with van der Waals surface area (Å²) in [7, 11) is 3.19. The van der Waals surface area contributed by atoms with Gasteiger partial charge in [-0.2, -0.15) is 0 Å². The number of nitrogens with zero attached hydrogens (tertiary/aromatic N) is 4. The molecule has 1 aliphatic carbocycles. The van der Waals surface area contributed by atoms with Gasteiger partial charge in [-0.1, -0.05) is 44.2 Å². The molecule has 8 heteroatoms. The molecule has 6 rings (SSSR count). The fraction of sp³-hybridized carbons (Fsp3) is 0.286. The molecule has 8 nitrogen and oxygen atoms in total. The molecular weight excluding hydrogens is 456 g/mol. The Hall–Kier alpha value is -4.20. The summed E-state index contributed by atoms with van der Waals surface area (Å²) >= 11 is 0. The van der Waals surface area contributed by atoms with Crippen molar-refractivity contribution < 1.29 is 19.0 Å². The highest BCUT2D eigenvalue weighted by Crippen LogP contribution is 2.50. The number of Topliss-reactive ketones (excluding diaryl/α,β-unsaturated/α-hetero) is 1. The Morgan fingerprint density at radius 2 is 1.81 bits per heavy atom. The second kappa shape index (κ2) is 8.19. The van der Waals surface area contributed by atoms with Crippen LogP contribution in [0.1, 0.15) is 43.7 Å². The van der Waals surface area contributed by atoms with Gasteiger partial charge in [0, 0.05) is 29.9 Å². The van der Waals surface area contributed by atoms with Crippen LogP contribution in [0.15, 0.2) is 66.2 Å². The van der Waals surface area contributed by atoms with Gasteiger partial charge < -0.3 is 14.2 Å². The first-order chi connectivity index (χ1) is 17.4. The number of methoxy groups -OCH3 is 2. The van der Waals surface area contributed by atoms with E-state index in [0.29, 0.717) is 53.0 Å². The molecule has 1 aliphatic heterocycles. The minimum atomic E-state index is -0.341. The van der Waals surface area contributed by atoms with E-state index in [4.69, 9.17) is 19.2 Å². The van der Waals surface area contributed by atoms with Crippen LogP contribution in [0, 0.1) is 5.41 Å². The highest BCUT2D eigenvalue weighted by atomic mass is 16.5. The Labute approximate surface area is 208 Å². The van der Waals surface area contributed by atoms with Gasteiger partial charge in [0.25, 0.3) is 0 Å². The van der Waals surface area contributed by atoms with E-state index in [-0.39, 0.29) is 17.1 Å². The van der Waals surface area contributed by atoms with Crippen molar-refractivity contribution >= 4 is 11.4 Å². The van der Waals surface area contributed by atoms with Crippen LogP contribution in [-0.4, -0.2) is 39.6 Å². The zero-order valence-corrected chi connectivity index (χ0v) is 20.6. The molecule has 0 fully saturated rings. The van der Waals surface area contributed by atoms with Crippen LogP contribution in [0.4, 0.5) is 0 Å². The third kappa shape index (κ3) is 3.52. The Kier molecular flexibility index (Phi) is 5.07. The first-order valence-electron chi connectivity index (χ1n) is 11.9. The fourth-order valence-corrected chi connectivity index (χ4v) is 5.22. The van der Waals surface area contributed by atoms with Gasteiger partial charge >= 0.3 is 0 Å². The molecule has 0 radical (unpaired) electrons. The maximum atomic E-state index is 13.5. The molecular formula is C28H26N4O4. The zero-order valence-electron chi connectivity index (χ0n) is 20.6. The predicted molar refractivity (Wildman–Crippen MR) is 133 cm³/mol. The van der Waals surface area contributed by atoms with E-state index in [2.05, 4.69) is 23.9 Å². The lowest BCUT2D eigenvalue weighted by atomic mass is 9.70. The predicted octanol–water partition coefficient (Wildman–Crippen LogP) is 4.98. The molecule has 2 aliphatic rings. The van der Waals surface area contributed by atoms with Crippen LogP contribution in [0.3, 0.4) is 0 Å². The number of carbonyl (C=O) groups excluding carboxylic acids is 1. The van der Waals surface area contributed by atoms with E-state index in [1.807, 2.05) is 48.5 Å². The van der Waals surface area contributed by atoms with Gasteiger partial charge in [-0.05, 0) is 29.2 Å². The molecule has 0 spiro atoms. The van der Waals surface area contributed by atoms with Crippen molar-refractivity contribution in [2.45, 2.75) is 32.6 Å². The third-order valence-corrected chi connectivity index (χ3v) is 6.84. The van der Waals surface area contributed by atoms with Crippen LogP contribution in [0.25, 0.3) is 17.0 Å². The van der Waals surface area contributed by atoms with Crippen LogP contribution < -0.4 is 14.2 Å². The first kappa shape index (κ1) is 22.3. The Balaban J connectivity index is 1.56. The number of ether oxygens (including phenoxy) is 3. The fourth-order valence-electron chi connectivity index (χ4n) is 5.22. The lowest BCUT2D eigenvalue weighted by molar-refractivity contribution is -0.118. The largest absolute Gasteiger partial charge is 0.493 e. The minimum absolute atomic E-state index is 0.0994. The normalized spacial score (nSPS) is 18.4.